The van der Waals surface area contributed by atoms with Gasteiger partial charge in [0.2, 0.25) is 0 Å². The van der Waals surface area contributed by atoms with Crippen molar-refractivity contribution in [2.45, 2.75) is 46.1 Å². The molecule has 3 aromatic rings. The Hall–Kier alpha value is -3.15. The van der Waals surface area contributed by atoms with Crippen LogP contribution in [0.4, 0.5) is 0 Å². The van der Waals surface area contributed by atoms with E-state index < -0.39 is 5.97 Å². The number of carbonyl (C=O) groups is 1. The monoisotopic (exact) mass is 380 g/mol. The summed E-state index contributed by atoms with van der Waals surface area (Å²) in [5.41, 5.74) is 2.38. The molecule has 28 heavy (non-hydrogen) atoms. The third kappa shape index (κ3) is 3.91. The van der Waals surface area contributed by atoms with E-state index in [9.17, 15) is 14.7 Å². The summed E-state index contributed by atoms with van der Waals surface area (Å²) in [5.74, 6) is -0.438. The summed E-state index contributed by atoms with van der Waals surface area (Å²) in [6.07, 6.45) is 1.63. The number of hydrogen-bond donors (Lipinski definition) is 1. The van der Waals surface area contributed by atoms with Gasteiger partial charge >= 0.3 is 5.97 Å². The minimum atomic E-state index is -0.642. The average molecular weight is 380 g/mol. The fraction of sp³-hybridized carbons (Fsp3) is 0.318. The van der Waals surface area contributed by atoms with Crippen LogP contribution in [-0.2, 0) is 11.3 Å². The van der Waals surface area contributed by atoms with E-state index in [1.165, 1.54) is 10.5 Å². The van der Waals surface area contributed by atoms with Crippen molar-refractivity contribution in [2.24, 2.45) is 0 Å². The minimum Gasteiger partial charge on any atom is -0.507 e. The highest BCUT2D eigenvalue weighted by Gasteiger charge is 2.20. The first-order chi connectivity index (χ1) is 13.3. The van der Waals surface area contributed by atoms with Gasteiger partial charge in [0.05, 0.1) is 5.69 Å². The maximum absolute atomic E-state index is 12.6. The predicted octanol–water partition coefficient (Wildman–Crippen LogP) is 4.00. The van der Waals surface area contributed by atoms with Gasteiger partial charge in [0.25, 0.3) is 5.56 Å². The number of rotatable bonds is 5. The zero-order valence-electron chi connectivity index (χ0n) is 16.5. The van der Waals surface area contributed by atoms with Gasteiger partial charge in [-0.1, -0.05) is 39.8 Å². The van der Waals surface area contributed by atoms with E-state index in [0.29, 0.717) is 16.9 Å². The van der Waals surface area contributed by atoms with Crippen LogP contribution in [0.15, 0.2) is 47.4 Å². The van der Waals surface area contributed by atoms with Crippen LogP contribution < -0.4 is 5.56 Å². The molecule has 1 N–H and O–H groups in total. The zero-order valence-corrected chi connectivity index (χ0v) is 16.5. The topological polar surface area (TPSA) is 80.9 Å². The number of benzene rings is 1. The lowest BCUT2D eigenvalue weighted by atomic mass is 9.92. The van der Waals surface area contributed by atoms with Gasteiger partial charge in [-0.05, 0) is 41.2 Å². The van der Waals surface area contributed by atoms with Crippen LogP contribution in [0.3, 0.4) is 0 Å². The molecule has 0 unspecified atom stereocenters. The number of esters is 1. The average Bonchev–Trinajstić information content (AvgIpc) is 2.66. The van der Waals surface area contributed by atoms with Crippen LogP contribution in [-0.4, -0.2) is 20.5 Å². The van der Waals surface area contributed by atoms with Crippen LogP contribution in [0.5, 0.6) is 5.75 Å². The lowest BCUT2D eigenvalue weighted by Gasteiger charge is -2.16. The smallest absolute Gasteiger partial charge is 0.342 e. The van der Waals surface area contributed by atoms with Crippen molar-refractivity contribution in [3.63, 3.8) is 0 Å². The molecule has 0 aliphatic heterocycles. The maximum Gasteiger partial charge on any atom is 0.342 e. The first-order valence-electron chi connectivity index (χ1n) is 9.29. The first-order valence-corrected chi connectivity index (χ1v) is 9.29. The Morgan fingerprint density at radius 2 is 1.89 bits per heavy atom. The molecule has 0 radical (unpaired) electrons. The molecule has 6 nitrogen and oxygen atoms in total. The van der Waals surface area contributed by atoms with Crippen LogP contribution in [0.2, 0.25) is 0 Å². The number of aromatic hydroxyl groups is 1. The molecule has 0 saturated heterocycles. The highest BCUT2D eigenvalue weighted by atomic mass is 16.5. The molecule has 0 fully saturated rings. The second-order valence-electron chi connectivity index (χ2n) is 7.41. The lowest BCUT2D eigenvalue weighted by molar-refractivity contribution is 0.0464. The van der Waals surface area contributed by atoms with E-state index in [-0.39, 0.29) is 35.3 Å². The number of pyridine rings is 1. The molecule has 0 aliphatic carbocycles. The van der Waals surface area contributed by atoms with Gasteiger partial charge < -0.3 is 9.84 Å². The van der Waals surface area contributed by atoms with Crippen LogP contribution in [0, 0.1) is 0 Å². The van der Waals surface area contributed by atoms with Crippen LogP contribution >= 0.6 is 0 Å². The fourth-order valence-electron chi connectivity index (χ4n) is 3.00. The summed E-state index contributed by atoms with van der Waals surface area (Å²) in [5, 5.41) is 10.5. The summed E-state index contributed by atoms with van der Waals surface area (Å²) < 4.78 is 6.77. The number of phenols is 1. The van der Waals surface area contributed by atoms with Crippen LogP contribution in [0.1, 0.15) is 66.7 Å². The number of ether oxygens (including phenoxy) is 1. The summed E-state index contributed by atoms with van der Waals surface area (Å²) >= 11 is 0. The van der Waals surface area contributed by atoms with Crippen molar-refractivity contribution < 1.29 is 14.6 Å². The molecule has 0 saturated carbocycles. The standard InChI is InChI=1S/C22H24N2O4/c1-13(2)15-9-17(14(3)4)21(26)18(10-15)22(27)28-12-16-11-20(25)24-8-6-5-7-19(24)23-16/h5-11,13-14,26H,12H2,1-4H3. The molecular weight excluding hydrogens is 356 g/mol. The number of fused-ring (bicyclic) bond motifs is 1. The van der Waals surface area contributed by atoms with Gasteiger partial charge in [-0.25, -0.2) is 9.78 Å². The van der Waals surface area contributed by atoms with Crippen molar-refractivity contribution >= 4 is 11.6 Å². The van der Waals surface area contributed by atoms with E-state index in [0.717, 1.165) is 5.56 Å². The molecule has 0 spiro atoms. The number of hydrogen-bond acceptors (Lipinski definition) is 5. The minimum absolute atomic E-state index is 0.0593. The summed E-state index contributed by atoms with van der Waals surface area (Å²) in [7, 11) is 0. The molecular formula is C22H24N2O4. The van der Waals surface area contributed by atoms with Crippen molar-refractivity contribution in [1.82, 2.24) is 9.38 Å². The number of carbonyl (C=O) groups excluding carboxylic acids is 1. The Morgan fingerprint density at radius 3 is 2.57 bits per heavy atom. The molecule has 2 aromatic heterocycles. The number of phenolic OH excluding ortho intramolecular Hbond substituents is 1. The SMILES string of the molecule is CC(C)c1cc(C(=O)OCc2cc(=O)n3ccccc3n2)c(O)c(C(C)C)c1. The van der Waals surface area contributed by atoms with Gasteiger partial charge in [0.1, 0.15) is 23.6 Å². The molecule has 6 heteroatoms. The van der Waals surface area contributed by atoms with E-state index in [1.54, 1.807) is 30.5 Å². The summed E-state index contributed by atoms with van der Waals surface area (Å²) in [6.45, 7) is 7.82. The number of aromatic nitrogens is 2. The van der Waals surface area contributed by atoms with E-state index in [2.05, 4.69) is 4.98 Å². The third-order valence-corrected chi connectivity index (χ3v) is 4.65. The Bertz CT molecular complexity index is 1080. The van der Waals surface area contributed by atoms with Crippen molar-refractivity contribution in [3.8, 4) is 5.75 Å². The molecule has 0 atom stereocenters. The van der Waals surface area contributed by atoms with Gasteiger partial charge in [-0.15, -0.1) is 0 Å². The van der Waals surface area contributed by atoms with Crippen molar-refractivity contribution in [3.05, 3.63) is 75.3 Å². The second-order valence-corrected chi connectivity index (χ2v) is 7.41. The predicted molar refractivity (Wildman–Crippen MR) is 107 cm³/mol. The molecule has 0 bridgehead atoms. The Labute approximate surface area is 163 Å². The third-order valence-electron chi connectivity index (χ3n) is 4.65. The van der Waals surface area contributed by atoms with Gasteiger partial charge in [-0.2, -0.15) is 0 Å². The van der Waals surface area contributed by atoms with Crippen molar-refractivity contribution in [1.29, 1.82) is 0 Å². The molecule has 0 amide bonds. The van der Waals surface area contributed by atoms with Gasteiger partial charge in [0, 0.05) is 12.3 Å². The molecule has 0 aliphatic rings. The fourth-order valence-corrected chi connectivity index (χ4v) is 3.00. The maximum atomic E-state index is 12.6. The van der Waals surface area contributed by atoms with Gasteiger partial charge in [0.15, 0.2) is 0 Å². The highest BCUT2D eigenvalue weighted by Crippen LogP contribution is 2.33. The van der Waals surface area contributed by atoms with Crippen LogP contribution in [0.25, 0.3) is 5.65 Å². The summed E-state index contributed by atoms with van der Waals surface area (Å²) in [6, 6.07) is 10.2. The summed E-state index contributed by atoms with van der Waals surface area (Å²) in [4.78, 5) is 29.1. The Balaban J connectivity index is 1.88. The Morgan fingerprint density at radius 1 is 1.14 bits per heavy atom. The van der Waals surface area contributed by atoms with Gasteiger partial charge in [-0.3, -0.25) is 9.20 Å². The molecule has 1 aromatic carbocycles. The zero-order chi connectivity index (χ0) is 20.4. The Kier molecular flexibility index (Phi) is 5.49. The normalized spacial score (nSPS) is 11.4. The first kappa shape index (κ1) is 19.6. The van der Waals surface area contributed by atoms with E-state index in [4.69, 9.17) is 4.74 Å². The molecule has 146 valence electrons. The largest absolute Gasteiger partial charge is 0.507 e. The second kappa shape index (κ2) is 7.84. The highest BCUT2D eigenvalue weighted by molar-refractivity contribution is 5.93. The van der Waals surface area contributed by atoms with E-state index >= 15 is 0 Å². The molecule has 3 rings (SSSR count). The van der Waals surface area contributed by atoms with Crippen molar-refractivity contribution in [2.75, 3.05) is 0 Å². The van der Waals surface area contributed by atoms with E-state index in [1.807, 2.05) is 33.8 Å². The lowest BCUT2D eigenvalue weighted by Crippen LogP contribution is -2.16. The number of nitrogens with zero attached hydrogens (tertiary/aromatic N) is 2. The quantitative estimate of drug-likeness (QED) is 0.677. The molecule has 2 heterocycles.